The Morgan fingerprint density at radius 1 is 1.14 bits per heavy atom. The molecular formula is C14H11N5O2. The molecule has 7 nitrogen and oxygen atoms in total. The molecule has 0 atom stereocenters. The van der Waals surface area contributed by atoms with Crippen molar-refractivity contribution in [2.75, 3.05) is 13.1 Å². The summed E-state index contributed by atoms with van der Waals surface area (Å²) in [5.74, 6) is -0.747. The number of nitrogens with zero attached hydrogens (tertiary/aromatic N) is 4. The summed E-state index contributed by atoms with van der Waals surface area (Å²) >= 11 is 0. The smallest absolute Gasteiger partial charge is 0.261 e. The van der Waals surface area contributed by atoms with E-state index in [1.54, 1.807) is 30.3 Å². The van der Waals surface area contributed by atoms with Crippen LogP contribution in [0.1, 0.15) is 20.7 Å². The second kappa shape index (κ2) is 4.90. The number of rotatable bonds is 3. The zero-order chi connectivity index (χ0) is 15.0. The van der Waals surface area contributed by atoms with Crippen LogP contribution in [0.15, 0.2) is 35.4 Å². The summed E-state index contributed by atoms with van der Waals surface area (Å²) in [5, 5.41) is 4.73. The highest BCUT2D eigenvalue weighted by Gasteiger charge is 2.32. The first-order chi connectivity index (χ1) is 10.2. The topological polar surface area (TPSA) is 112 Å². The summed E-state index contributed by atoms with van der Waals surface area (Å²) in [6, 6.07) is 8.24. The van der Waals surface area contributed by atoms with E-state index >= 15 is 0 Å². The van der Waals surface area contributed by atoms with Gasteiger partial charge in [-0.2, -0.15) is 0 Å². The number of hydrogen-bond donors (Lipinski definition) is 1. The van der Waals surface area contributed by atoms with Crippen molar-refractivity contribution < 1.29 is 9.59 Å². The van der Waals surface area contributed by atoms with E-state index in [-0.39, 0.29) is 24.9 Å². The van der Waals surface area contributed by atoms with Crippen LogP contribution in [0.3, 0.4) is 0 Å². The summed E-state index contributed by atoms with van der Waals surface area (Å²) in [6.07, 6.45) is 0. The molecular weight excluding hydrogens is 270 g/mol. The second-order valence-corrected chi connectivity index (χ2v) is 4.60. The van der Waals surface area contributed by atoms with Gasteiger partial charge in [0.25, 0.3) is 11.8 Å². The lowest BCUT2D eigenvalue weighted by atomic mass is 9.93. The van der Waals surface area contributed by atoms with Crippen LogP contribution in [0.4, 0.5) is 5.69 Å². The van der Waals surface area contributed by atoms with Crippen molar-refractivity contribution in [1.29, 1.82) is 0 Å². The summed E-state index contributed by atoms with van der Waals surface area (Å²) in [4.78, 5) is 28.8. The Bertz CT molecular complexity index is 801. The van der Waals surface area contributed by atoms with Gasteiger partial charge in [-0.05, 0) is 23.1 Å². The van der Waals surface area contributed by atoms with Crippen LogP contribution in [-0.4, -0.2) is 29.8 Å². The third-order valence-corrected chi connectivity index (χ3v) is 3.47. The number of nitrogens with two attached hydrogens (primary N) is 1. The average Bonchev–Trinajstić information content (AvgIpc) is 2.50. The van der Waals surface area contributed by atoms with Gasteiger partial charge in [-0.15, -0.1) is 0 Å². The minimum atomic E-state index is -0.373. The highest BCUT2D eigenvalue weighted by Crippen LogP contribution is 2.35. The minimum Gasteiger partial charge on any atom is -0.329 e. The molecule has 104 valence electrons. The largest absolute Gasteiger partial charge is 0.329 e. The molecule has 1 aliphatic rings. The number of amides is 2. The SMILES string of the molecule is [N-]=[N+]=Nc1ccc2c3c(cccc13)C(=O)N(CCN)C2=O. The third kappa shape index (κ3) is 1.84. The molecule has 2 aromatic carbocycles. The molecule has 1 aliphatic heterocycles. The molecule has 0 bridgehead atoms. The Kier molecular flexibility index (Phi) is 3.06. The Morgan fingerprint density at radius 3 is 2.52 bits per heavy atom. The van der Waals surface area contributed by atoms with Gasteiger partial charge in [-0.1, -0.05) is 23.3 Å². The summed E-state index contributed by atoms with van der Waals surface area (Å²) in [6.45, 7) is 0.380. The van der Waals surface area contributed by atoms with Gasteiger partial charge >= 0.3 is 0 Å². The van der Waals surface area contributed by atoms with Crippen LogP contribution in [-0.2, 0) is 0 Å². The molecule has 0 unspecified atom stereocenters. The molecule has 2 amide bonds. The summed E-state index contributed by atoms with van der Waals surface area (Å²) in [7, 11) is 0. The van der Waals surface area contributed by atoms with Crippen molar-refractivity contribution in [3.8, 4) is 0 Å². The maximum atomic E-state index is 12.4. The molecule has 3 rings (SSSR count). The number of imide groups is 1. The quantitative estimate of drug-likeness (QED) is 0.403. The Labute approximate surface area is 119 Å². The Morgan fingerprint density at radius 2 is 1.86 bits per heavy atom. The Hall–Kier alpha value is -2.89. The van der Waals surface area contributed by atoms with Gasteiger partial charge < -0.3 is 5.73 Å². The van der Waals surface area contributed by atoms with Gasteiger partial charge in [0, 0.05) is 40.2 Å². The van der Waals surface area contributed by atoms with E-state index in [1.807, 2.05) is 0 Å². The summed E-state index contributed by atoms with van der Waals surface area (Å²) in [5.41, 5.74) is 15.3. The monoisotopic (exact) mass is 281 g/mol. The highest BCUT2D eigenvalue weighted by atomic mass is 16.2. The molecule has 0 aromatic heterocycles. The van der Waals surface area contributed by atoms with Gasteiger partial charge in [0.05, 0.1) is 0 Å². The van der Waals surface area contributed by atoms with Crippen LogP contribution < -0.4 is 5.73 Å². The zero-order valence-corrected chi connectivity index (χ0v) is 11.0. The third-order valence-electron chi connectivity index (χ3n) is 3.47. The molecule has 0 saturated heterocycles. The molecule has 2 N–H and O–H groups in total. The first-order valence-corrected chi connectivity index (χ1v) is 6.36. The highest BCUT2D eigenvalue weighted by molar-refractivity contribution is 6.26. The summed E-state index contributed by atoms with van der Waals surface area (Å²) < 4.78 is 0. The van der Waals surface area contributed by atoms with Crippen LogP contribution >= 0.6 is 0 Å². The normalized spacial score (nSPS) is 13.5. The lowest BCUT2D eigenvalue weighted by Crippen LogP contribution is -2.43. The number of carbonyl (C=O) groups is 2. The first kappa shape index (κ1) is 13.1. The fourth-order valence-corrected chi connectivity index (χ4v) is 2.60. The van der Waals surface area contributed by atoms with E-state index < -0.39 is 0 Å². The first-order valence-electron chi connectivity index (χ1n) is 6.36. The maximum absolute atomic E-state index is 12.4. The fourth-order valence-electron chi connectivity index (χ4n) is 2.60. The number of hydrogen-bond acceptors (Lipinski definition) is 4. The van der Waals surface area contributed by atoms with E-state index in [9.17, 15) is 9.59 Å². The van der Waals surface area contributed by atoms with E-state index in [0.29, 0.717) is 27.6 Å². The molecule has 0 fully saturated rings. The Balaban J connectivity index is 2.35. The number of carbonyl (C=O) groups excluding carboxylic acids is 2. The van der Waals surface area contributed by atoms with Crippen molar-refractivity contribution in [2.24, 2.45) is 10.8 Å². The molecule has 1 heterocycles. The lowest BCUT2D eigenvalue weighted by molar-refractivity contribution is 0.0615. The lowest BCUT2D eigenvalue weighted by Gasteiger charge is -2.27. The van der Waals surface area contributed by atoms with Gasteiger partial charge in [-0.3, -0.25) is 14.5 Å². The van der Waals surface area contributed by atoms with Gasteiger partial charge in [0.2, 0.25) is 0 Å². The molecule has 0 spiro atoms. The van der Waals surface area contributed by atoms with E-state index in [4.69, 9.17) is 11.3 Å². The van der Waals surface area contributed by atoms with E-state index in [0.717, 1.165) is 4.90 Å². The predicted octanol–water partition coefficient (Wildman–Crippen LogP) is 2.34. The van der Waals surface area contributed by atoms with Gasteiger partial charge in [0.1, 0.15) is 0 Å². The number of azide groups is 1. The number of benzene rings is 2. The predicted molar refractivity (Wildman–Crippen MR) is 77.2 cm³/mol. The van der Waals surface area contributed by atoms with Crippen LogP contribution in [0, 0.1) is 0 Å². The van der Waals surface area contributed by atoms with Crippen LogP contribution in [0.5, 0.6) is 0 Å². The average molecular weight is 281 g/mol. The zero-order valence-electron chi connectivity index (χ0n) is 11.0. The fraction of sp³-hybridized carbons (Fsp3) is 0.143. The molecule has 0 aliphatic carbocycles. The minimum absolute atomic E-state index is 0.172. The van der Waals surface area contributed by atoms with Gasteiger partial charge in [0.15, 0.2) is 0 Å². The van der Waals surface area contributed by atoms with Crippen molar-refractivity contribution in [1.82, 2.24) is 4.90 Å². The molecule has 7 heteroatoms. The van der Waals surface area contributed by atoms with Gasteiger partial charge in [-0.25, -0.2) is 0 Å². The van der Waals surface area contributed by atoms with E-state index in [1.165, 1.54) is 0 Å². The van der Waals surface area contributed by atoms with Crippen molar-refractivity contribution in [3.05, 3.63) is 51.9 Å². The van der Waals surface area contributed by atoms with Crippen molar-refractivity contribution in [2.45, 2.75) is 0 Å². The second-order valence-electron chi connectivity index (χ2n) is 4.60. The molecule has 21 heavy (non-hydrogen) atoms. The standard InChI is InChI=1S/C14H11N5O2/c15-6-7-19-13(20)9-3-1-2-8-11(17-18-16)5-4-10(12(8)9)14(19)21/h1-5H,6-7,15H2. The van der Waals surface area contributed by atoms with Crippen molar-refractivity contribution >= 4 is 28.3 Å². The van der Waals surface area contributed by atoms with Crippen LogP contribution in [0.2, 0.25) is 0 Å². The molecule has 0 radical (unpaired) electrons. The molecule has 2 aromatic rings. The van der Waals surface area contributed by atoms with E-state index in [2.05, 4.69) is 10.0 Å². The van der Waals surface area contributed by atoms with Crippen LogP contribution in [0.25, 0.3) is 21.2 Å². The molecule has 0 saturated carbocycles. The van der Waals surface area contributed by atoms with Crippen molar-refractivity contribution in [3.63, 3.8) is 0 Å². The maximum Gasteiger partial charge on any atom is 0.261 e.